The van der Waals surface area contributed by atoms with E-state index in [1.165, 1.54) is 0 Å². The van der Waals surface area contributed by atoms with Crippen LogP contribution in [0.3, 0.4) is 0 Å². The van der Waals surface area contributed by atoms with E-state index in [-0.39, 0.29) is 0 Å². The molecule has 1 N–H and O–H groups in total. The lowest BCUT2D eigenvalue weighted by atomic mass is 9.80. The molecule has 3 aromatic carbocycles. The van der Waals surface area contributed by atoms with Crippen molar-refractivity contribution in [3.63, 3.8) is 0 Å². The Balaban J connectivity index is 1.87. The summed E-state index contributed by atoms with van der Waals surface area (Å²) in [4.78, 5) is 0. The molecule has 0 saturated carbocycles. The standard InChI is InChI=1S/C24H24BO3/c1-23(2,26)24(3,4)28-25-18-13-9-15-20-22(18)21-17(12-8-14-19(21)27-20)16-10-6-5-7-11-16/h5-15,26H,1-4H3. The monoisotopic (exact) mass is 371 g/mol. The number of rotatable bonds is 5. The van der Waals surface area contributed by atoms with Crippen molar-refractivity contribution < 1.29 is 14.2 Å². The second kappa shape index (κ2) is 6.80. The summed E-state index contributed by atoms with van der Waals surface area (Å²) in [5, 5.41) is 12.5. The van der Waals surface area contributed by atoms with E-state index in [1.54, 1.807) is 21.3 Å². The molecule has 0 unspecified atom stereocenters. The maximum atomic E-state index is 10.4. The normalized spacial score (nSPS) is 12.6. The average Bonchev–Trinajstić information content (AvgIpc) is 3.05. The molecule has 4 aromatic rings. The van der Waals surface area contributed by atoms with Gasteiger partial charge in [-0.15, -0.1) is 0 Å². The Morgan fingerprint density at radius 2 is 1.43 bits per heavy atom. The lowest BCUT2D eigenvalue weighted by Crippen LogP contribution is -2.49. The first-order valence-electron chi connectivity index (χ1n) is 9.51. The van der Waals surface area contributed by atoms with Crippen molar-refractivity contribution in [1.82, 2.24) is 0 Å². The molecular weight excluding hydrogens is 347 g/mol. The largest absolute Gasteiger partial charge is 0.456 e. The molecule has 0 amide bonds. The SMILES string of the molecule is CC(C)(O)C(C)(C)O[B]c1cccc2oc3cccc(-c4ccccc4)c3c12. The number of hydrogen-bond donors (Lipinski definition) is 1. The van der Waals surface area contributed by atoms with E-state index in [2.05, 4.69) is 18.2 Å². The summed E-state index contributed by atoms with van der Waals surface area (Å²) in [6.07, 6.45) is 0. The Labute approximate surface area is 166 Å². The number of fused-ring (bicyclic) bond motifs is 3. The van der Waals surface area contributed by atoms with E-state index in [0.717, 1.165) is 38.5 Å². The zero-order chi connectivity index (χ0) is 19.9. The number of furan rings is 1. The Hall–Kier alpha value is -2.56. The maximum absolute atomic E-state index is 10.4. The van der Waals surface area contributed by atoms with E-state index in [9.17, 15) is 5.11 Å². The van der Waals surface area contributed by atoms with Gasteiger partial charge in [0.1, 0.15) is 11.2 Å². The predicted molar refractivity (Wildman–Crippen MR) is 116 cm³/mol. The van der Waals surface area contributed by atoms with Crippen molar-refractivity contribution in [3.05, 3.63) is 66.7 Å². The van der Waals surface area contributed by atoms with Gasteiger partial charge in [-0.05, 0) is 56.4 Å². The Morgan fingerprint density at radius 3 is 2.11 bits per heavy atom. The van der Waals surface area contributed by atoms with Crippen LogP contribution in [-0.2, 0) is 4.65 Å². The third kappa shape index (κ3) is 3.23. The van der Waals surface area contributed by atoms with Crippen molar-refractivity contribution in [2.24, 2.45) is 0 Å². The summed E-state index contributed by atoms with van der Waals surface area (Å²) in [5.41, 5.74) is 3.14. The van der Waals surface area contributed by atoms with Crippen LogP contribution in [0.1, 0.15) is 27.7 Å². The van der Waals surface area contributed by atoms with Crippen LogP contribution in [0.5, 0.6) is 0 Å². The quantitative estimate of drug-likeness (QED) is 0.499. The molecule has 4 heteroatoms. The zero-order valence-electron chi connectivity index (χ0n) is 16.7. The van der Waals surface area contributed by atoms with Crippen molar-refractivity contribution in [2.45, 2.75) is 38.9 Å². The molecule has 0 aliphatic heterocycles. The summed E-state index contributed by atoms with van der Waals surface area (Å²) >= 11 is 0. The van der Waals surface area contributed by atoms with Crippen LogP contribution >= 0.6 is 0 Å². The highest BCUT2D eigenvalue weighted by molar-refractivity contribution is 6.53. The molecule has 1 radical (unpaired) electrons. The summed E-state index contributed by atoms with van der Waals surface area (Å²) in [6, 6.07) is 22.4. The third-order valence-corrected chi connectivity index (χ3v) is 5.59. The summed E-state index contributed by atoms with van der Waals surface area (Å²) in [6.45, 7) is 7.27. The minimum absolute atomic E-state index is 0.739. The Kier molecular flexibility index (Phi) is 4.57. The smallest absolute Gasteiger partial charge is 0.331 e. The first-order valence-corrected chi connectivity index (χ1v) is 9.51. The van der Waals surface area contributed by atoms with Crippen LogP contribution < -0.4 is 5.46 Å². The van der Waals surface area contributed by atoms with Gasteiger partial charge in [0.25, 0.3) is 0 Å². The lowest BCUT2D eigenvalue weighted by Gasteiger charge is -2.37. The second-order valence-corrected chi connectivity index (χ2v) is 8.17. The molecule has 0 atom stereocenters. The van der Waals surface area contributed by atoms with Crippen molar-refractivity contribution >= 4 is 34.9 Å². The molecule has 0 aliphatic rings. The minimum atomic E-state index is -0.981. The highest BCUT2D eigenvalue weighted by Crippen LogP contribution is 2.35. The van der Waals surface area contributed by atoms with E-state index >= 15 is 0 Å². The molecule has 0 aliphatic carbocycles. The van der Waals surface area contributed by atoms with Gasteiger partial charge in [0, 0.05) is 10.8 Å². The van der Waals surface area contributed by atoms with Crippen LogP contribution in [0.25, 0.3) is 33.1 Å². The molecule has 0 fully saturated rings. The first-order chi connectivity index (χ1) is 13.3. The van der Waals surface area contributed by atoms with Gasteiger partial charge in [-0.3, -0.25) is 0 Å². The lowest BCUT2D eigenvalue weighted by molar-refractivity contribution is -0.0893. The molecule has 0 bridgehead atoms. The molecule has 0 spiro atoms. The van der Waals surface area contributed by atoms with Crippen molar-refractivity contribution in [2.75, 3.05) is 0 Å². The van der Waals surface area contributed by atoms with E-state index in [4.69, 9.17) is 9.07 Å². The number of benzene rings is 3. The topological polar surface area (TPSA) is 42.6 Å². The van der Waals surface area contributed by atoms with E-state index in [1.807, 2.05) is 62.4 Å². The van der Waals surface area contributed by atoms with Crippen LogP contribution in [-0.4, -0.2) is 23.8 Å². The fraction of sp³-hybridized carbons (Fsp3) is 0.250. The van der Waals surface area contributed by atoms with Gasteiger partial charge in [-0.1, -0.05) is 54.6 Å². The molecule has 3 nitrogen and oxygen atoms in total. The highest BCUT2D eigenvalue weighted by atomic mass is 16.5. The molecule has 1 aromatic heterocycles. The summed E-state index contributed by atoms with van der Waals surface area (Å²) in [5.74, 6) is 0. The summed E-state index contributed by atoms with van der Waals surface area (Å²) < 4.78 is 12.2. The molecule has 28 heavy (non-hydrogen) atoms. The molecule has 0 saturated heterocycles. The van der Waals surface area contributed by atoms with Gasteiger partial charge in [-0.25, -0.2) is 0 Å². The fourth-order valence-electron chi connectivity index (χ4n) is 3.20. The van der Waals surface area contributed by atoms with Gasteiger partial charge < -0.3 is 14.2 Å². The van der Waals surface area contributed by atoms with Crippen LogP contribution in [0.2, 0.25) is 0 Å². The Bertz CT molecular complexity index is 1120. The molecule has 1 heterocycles. The number of aliphatic hydroxyl groups is 1. The van der Waals surface area contributed by atoms with Crippen LogP contribution in [0.4, 0.5) is 0 Å². The van der Waals surface area contributed by atoms with E-state index < -0.39 is 11.2 Å². The second-order valence-electron chi connectivity index (χ2n) is 8.17. The van der Waals surface area contributed by atoms with Gasteiger partial charge in [0.2, 0.25) is 0 Å². The first kappa shape index (κ1) is 18.8. The third-order valence-electron chi connectivity index (χ3n) is 5.59. The zero-order valence-corrected chi connectivity index (χ0v) is 16.7. The van der Waals surface area contributed by atoms with Crippen LogP contribution in [0, 0.1) is 0 Å². The fourth-order valence-corrected chi connectivity index (χ4v) is 3.20. The van der Waals surface area contributed by atoms with Gasteiger partial charge in [0.05, 0.1) is 11.2 Å². The predicted octanol–water partition coefficient (Wildman–Crippen LogP) is 5.06. The molecule has 4 rings (SSSR count). The molecular formula is C24H24BO3. The summed E-state index contributed by atoms with van der Waals surface area (Å²) in [7, 11) is 1.73. The van der Waals surface area contributed by atoms with Crippen molar-refractivity contribution in [1.29, 1.82) is 0 Å². The van der Waals surface area contributed by atoms with Crippen molar-refractivity contribution in [3.8, 4) is 11.1 Å². The minimum Gasteiger partial charge on any atom is -0.456 e. The van der Waals surface area contributed by atoms with E-state index in [0.29, 0.717) is 0 Å². The van der Waals surface area contributed by atoms with Gasteiger partial charge in [-0.2, -0.15) is 0 Å². The average molecular weight is 371 g/mol. The Morgan fingerprint density at radius 1 is 0.786 bits per heavy atom. The van der Waals surface area contributed by atoms with Gasteiger partial charge >= 0.3 is 7.48 Å². The van der Waals surface area contributed by atoms with Crippen LogP contribution in [0.15, 0.2) is 71.1 Å². The maximum Gasteiger partial charge on any atom is 0.331 e. The highest BCUT2D eigenvalue weighted by Gasteiger charge is 2.36. The van der Waals surface area contributed by atoms with Gasteiger partial charge in [0.15, 0.2) is 0 Å². The molecule has 141 valence electrons. The number of hydrogen-bond acceptors (Lipinski definition) is 3.